The molecule has 0 spiro atoms. The van der Waals surface area contributed by atoms with Crippen molar-refractivity contribution >= 4 is 45.9 Å². The zero-order chi connectivity index (χ0) is 10.5. The summed E-state index contributed by atoms with van der Waals surface area (Å²) in [4.78, 5) is 0. The summed E-state index contributed by atoms with van der Waals surface area (Å²) < 4.78 is 4.36. The Morgan fingerprint density at radius 3 is 1.47 bits per heavy atom. The third kappa shape index (κ3) is 2.85. The first-order valence-corrected chi connectivity index (χ1v) is 9.58. The van der Waals surface area contributed by atoms with Gasteiger partial charge < -0.3 is 0 Å². The van der Waals surface area contributed by atoms with E-state index >= 15 is 0 Å². The average Bonchev–Trinajstić information content (AvgIpc) is 2.33. The van der Waals surface area contributed by atoms with E-state index in [4.69, 9.17) is 0 Å². The second-order valence-electron chi connectivity index (χ2n) is 3.22. The van der Waals surface area contributed by atoms with E-state index in [9.17, 15) is 0 Å². The Morgan fingerprint density at radius 2 is 1.13 bits per heavy atom. The van der Waals surface area contributed by atoms with Crippen LogP contribution in [0.4, 0.5) is 0 Å². The van der Waals surface area contributed by atoms with E-state index in [1.54, 1.807) is 8.70 Å². The summed E-state index contributed by atoms with van der Waals surface area (Å²) in [6.45, 7) is 0. The van der Waals surface area contributed by atoms with Crippen molar-refractivity contribution in [1.82, 2.24) is 0 Å². The van der Waals surface area contributed by atoms with Gasteiger partial charge in [0.1, 0.15) is 0 Å². The molecule has 0 N–H and O–H groups in total. The summed E-state index contributed by atoms with van der Waals surface area (Å²) in [5.41, 5.74) is 0. The second kappa shape index (κ2) is 5.71. The fourth-order valence-corrected chi connectivity index (χ4v) is 9.03. The van der Waals surface area contributed by atoms with Crippen LogP contribution in [0.1, 0.15) is 0 Å². The molecule has 0 aliphatic carbocycles. The summed E-state index contributed by atoms with van der Waals surface area (Å²) in [5.74, 6) is 0. The van der Waals surface area contributed by atoms with E-state index in [1.165, 1.54) is 3.22 Å². The van der Waals surface area contributed by atoms with Crippen LogP contribution < -0.4 is 8.70 Å². The molecule has 0 aliphatic heterocycles. The standard InChI is InChI=1S/C13H12AsI/c15-11-14(12-7-3-1-4-8-12)13-9-5-2-6-10-13/h1-10H,11H2. The Balaban J connectivity index is 2.34. The molecule has 0 unspecified atom stereocenters. The van der Waals surface area contributed by atoms with Crippen LogP contribution in [-0.4, -0.2) is 17.9 Å². The molecule has 0 saturated carbocycles. The number of halogens is 1. The van der Waals surface area contributed by atoms with Gasteiger partial charge in [0, 0.05) is 0 Å². The summed E-state index contributed by atoms with van der Waals surface area (Å²) in [6.07, 6.45) is 0. The Bertz CT molecular complexity index is 360. The van der Waals surface area contributed by atoms with Crippen molar-refractivity contribution in [2.45, 2.75) is 0 Å². The van der Waals surface area contributed by atoms with Crippen molar-refractivity contribution in [1.29, 1.82) is 0 Å². The van der Waals surface area contributed by atoms with Gasteiger partial charge in [0.05, 0.1) is 0 Å². The molecule has 2 heteroatoms. The quantitative estimate of drug-likeness (QED) is 0.442. The molecule has 15 heavy (non-hydrogen) atoms. The molecule has 0 amide bonds. The average molecular weight is 370 g/mol. The molecule has 2 aromatic rings. The van der Waals surface area contributed by atoms with Gasteiger partial charge >= 0.3 is 110 Å². The Hall–Kier alpha value is -0.272. The van der Waals surface area contributed by atoms with Crippen molar-refractivity contribution in [3.8, 4) is 0 Å². The Kier molecular flexibility index (Phi) is 4.27. The molecule has 0 bridgehead atoms. The van der Waals surface area contributed by atoms with E-state index < -0.39 is 14.7 Å². The second-order valence-corrected chi connectivity index (χ2v) is 11.2. The molecule has 2 aromatic carbocycles. The van der Waals surface area contributed by atoms with Gasteiger partial charge in [-0.1, -0.05) is 0 Å². The summed E-state index contributed by atoms with van der Waals surface area (Å²) >= 11 is 1.51. The van der Waals surface area contributed by atoms with E-state index in [-0.39, 0.29) is 0 Å². The number of rotatable bonds is 3. The third-order valence-electron chi connectivity index (χ3n) is 2.26. The molecule has 0 aromatic heterocycles. The molecule has 76 valence electrons. The zero-order valence-corrected chi connectivity index (χ0v) is 12.3. The molecule has 0 nitrogen and oxygen atoms in total. The van der Waals surface area contributed by atoms with Crippen molar-refractivity contribution in [2.75, 3.05) is 3.22 Å². The third-order valence-corrected chi connectivity index (χ3v) is 10.2. The maximum atomic E-state index is 2.52. The molecule has 2 rings (SSSR count). The van der Waals surface area contributed by atoms with Crippen molar-refractivity contribution in [2.24, 2.45) is 0 Å². The minimum atomic E-state index is -1.02. The zero-order valence-electron chi connectivity index (χ0n) is 8.31. The molecular formula is C13H12AsI. The summed E-state index contributed by atoms with van der Waals surface area (Å²) in [5, 5.41) is 0. The van der Waals surface area contributed by atoms with Crippen LogP contribution in [-0.2, 0) is 0 Å². The van der Waals surface area contributed by atoms with Gasteiger partial charge in [0.15, 0.2) is 0 Å². The predicted molar refractivity (Wildman–Crippen MR) is 76.8 cm³/mol. The van der Waals surface area contributed by atoms with Gasteiger partial charge in [-0.3, -0.25) is 0 Å². The van der Waals surface area contributed by atoms with Gasteiger partial charge in [-0.2, -0.15) is 0 Å². The molecule has 0 radical (unpaired) electrons. The first-order valence-electron chi connectivity index (χ1n) is 4.85. The van der Waals surface area contributed by atoms with Crippen LogP contribution >= 0.6 is 22.6 Å². The predicted octanol–water partition coefficient (Wildman–Crippen LogP) is 2.27. The first-order chi connectivity index (χ1) is 7.42. The van der Waals surface area contributed by atoms with Crippen molar-refractivity contribution in [3.63, 3.8) is 0 Å². The molecule has 0 heterocycles. The Morgan fingerprint density at radius 1 is 0.733 bits per heavy atom. The Labute approximate surface area is 109 Å². The van der Waals surface area contributed by atoms with Crippen LogP contribution in [0.2, 0.25) is 0 Å². The SMILES string of the molecule is IC[As](c1ccccc1)c1ccccc1. The monoisotopic (exact) mass is 370 g/mol. The number of hydrogen-bond acceptors (Lipinski definition) is 0. The van der Waals surface area contributed by atoms with Crippen LogP contribution in [0.5, 0.6) is 0 Å². The topological polar surface area (TPSA) is 0 Å². The van der Waals surface area contributed by atoms with Crippen LogP contribution in [0.15, 0.2) is 60.7 Å². The van der Waals surface area contributed by atoms with Crippen LogP contribution in [0.25, 0.3) is 0 Å². The fraction of sp³-hybridized carbons (Fsp3) is 0.0769. The van der Waals surface area contributed by atoms with E-state index in [0.29, 0.717) is 0 Å². The molecular weight excluding hydrogens is 358 g/mol. The van der Waals surface area contributed by atoms with Gasteiger partial charge in [0.2, 0.25) is 0 Å². The van der Waals surface area contributed by atoms with Crippen LogP contribution in [0, 0.1) is 0 Å². The minimum absolute atomic E-state index is 1.02. The molecule has 0 fully saturated rings. The van der Waals surface area contributed by atoms with Crippen molar-refractivity contribution < 1.29 is 0 Å². The number of alkyl halides is 1. The van der Waals surface area contributed by atoms with Gasteiger partial charge in [-0.25, -0.2) is 0 Å². The molecule has 0 saturated heterocycles. The van der Waals surface area contributed by atoms with Crippen molar-refractivity contribution in [3.05, 3.63) is 60.7 Å². The van der Waals surface area contributed by atoms with Gasteiger partial charge in [-0.15, -0.1) is 0 Å². The first kappa shape index (κ1) is 11.2. The van der Waals surface area contributed by atoms with Crippen LogP contribution in [0.3, 0.4) is 0 Å². The molecule has 0 atom stereocenters. The molecule has 0 aliphatic rings. The summed E-state index contributed by atoms with van der Waals surface area (Å²) in [6, 6.07) is 21.8. The normalized spacial score (nSPS) is 10.5. The fourth-order valence-electron chi connectivity index (χ4n) is 1.50. The number of hydrogen-bond donors (Lipinski definition) is 0. The maximum absolute atomic E-state index is 2.52. The van der Waals surface area contributed by atoms with Gasteiger partial charge in [0.25, 0.3) is 0 Å². The number of benzene rings is 2. The van der Waals surface area contributed by atoms with E-state index in [0.717, 1.165) is 0 Å². The van der Waals surface area contributed by atoms with Gasteiger partial charge in [-0.05, 0) is 0 Å². The van der Waals surface area contributed by atoms with E-state index in [2.05, 4.69) is 83.3 Å². The van der Waals surface area contributed by atoms with E-state index in [1.807, 2.05) is 0 Å². The summed E-state index contributed by atoms with van der Waals surface area (Å²) in [7, 11) is 0.